The maximum absolute atomic E-state index is 9.78. The highest BCUT2D eigenvalue weighted by Gasteiger charge is 2.20. The van der Waals surface area contributed by atoms with Gasteiger partial charge in [-0.05, 0) is 12.5 Å². The molecule has 0 spiro atoms. The van der Waals surface area contributed by atoms with Crippen LogP contribution in [0.4, 0.5) is 5.82 Å². The third-order valence-electron chi connectivity index (χ3n) is 2.00. The predicted octanol–water partition coefficient (Wildman–Crippen LogP) is 1.50. The van der Waals surface area contributed by atoms with Crippen molar-refractivity contribution in [2.45, 2.75) is 18.6 Å². The van der Waals surface area contributed by atoms with E-state index in [4.69, 9.17) is 17.3 Å². The van der Waals surface area contributed by atoms with Gasteiger partial charge in [0.2, 0.25) is 0 Å². The summed E-state index contributed by atoms with van der Waals surface area (Å²) in [5, 5.41) is 20.3. The monoisotopic (exact) mass is 294 g/mol. The van der Waals surface area contributed by atoms with Gasteiger partial charge in [-0.2, -0.15) is 0 Å². The summed E-state index contributed by atoms with van der Waals surface area (Å²) < 4.78 is 0. The molecule has 0 saturated heterocycles. The minimum atomic E-state index is -1.06. The maximum Gasteiger partial charge on any atom is 0.129 e. The van der Waals surface area contributed by atoms with Crippen LogP contribution in [0.15, 0.2) is 12.3 Å². The molecule has 1 aromatic heterocycles. The molecule has 84 valence electrons. The summed E-state index contributed by atoms with van der Waals surface area (Å²) in [5.41, 5.74) is 5.93. The van der Waals surface area contributed by atoms with Crippen LogP contribution in [0.25, 0.3) is 0 Å². The summed E-state index contributed by atoms with van der Waals surface area (Å²) in [6.07, 6.45) is -0.127. The van der Waals surface area contributed by atoms with Crippen LogP contribution in [-0.2, 0) is 0 Å². The standard InChI is InChI=1S/C9H12BrClN2O2/c10-2-1-7(14)8(15)6-3-5(11)4-13-9(6)12/h3-4,7-8,14-15H,1-2H2,(H2,12,13). The zero-order valence-corrected chi connectivity index (χ0v) is 10.2. The fourth-order valence-corrected chi connectivity index (χ4v) is 1.81. The van der Waals surface area contributed by atoms with Crippen molar-refractivity contribution in [2.75, 3.05) is 11.1 Å². The van der Waals surface area contributed by atoms with Gasteiger partial charge in [0.15, 0.2) is 0 Å². The number of nitrogens with two attached hydrogens (primary N) is 1. The van der Waals surface area contributed by atoms with Crippen LogP contribution in [-0.4, -0.2) is 26.6 Å². The molecule has 0 bridgehead atoms. The van der Waals surface area contributed by atoms with Gasteiger partial charge in [-0.15, -0.1) is 0 Å². The van der Waals surface area contributed by atoms with Gasteiger partial charge in [-0.25, -0.2) is 4.98 Å². The minimum absolute atomic E-state index is 0.181. The van der Waals surface area contributed by atoms with Crippen LogP contribution >= 0.6 is 27.5 Å². The summed E-state index contributed by atoms with van der Waals surface area (Å²) >= 11 is 8.90. The second kappa shape index (κ2) is 5.65. The second-order valence-corrected chi connectivity index (χ2v) is 4.35. The molecule has 0 saturated carbocycles. The predicted molar refractivity (Wildman–Crippen MR) is 63.0 cm³/mol. The third kappa shape index (κ3) is 3.31. The Labute approximate surface area is 101 Å². The number of alkyl halides is 1. The highest BCUT2D eigenvalue weighted by atomic mass is 79.9. The fourth-order valence-electron chi connectivity index (χ4n) is 1.18. The molecular formula is C9H12BrClN2O2. The number of aliphatic hydroxyl groups is 2. The highest BCUT2D eigenvalue weighted by molar-refractivity contribution is 9.09. The zero-order valence-electron chi connectivity index (χ0n) is 7.90. The molecule has 0 fully saturated rings. The van der Waals surface area contributed by atoms with Gasteiger partial charge in [0.25, 0.3) is 0 Å². The molecule has 2 atom stereocenters. The molecule has 0 aromatic carbocycles. The summed E-state index contributed by atoms with van der Waals surface area (Å²) in [6.45, 7) is 0. The molecular weight excluding hydrogens is 283 g/mol. The smallest absolute Gasteiger partial charge is 0.129 e. The average Bonchev–Trinajstić information content (AvgIpc) is 2.21. The van der Waals surface area contributed by atoms with Gasteiger partial charge in [0.1, 0.15) is 11.9 Å². The van der Waals surface area contributed by atoms with Gasteiger partial charge in [-0.3, -0.25) is 0 Å². The van der Waals surface area contributed by atoms with Crippen molar-refractivity contribution in [3.05, 3.63) is 22.8 Å². The van der Waals surface area contributed by atoms with Crippen LogP contribution in [0.1, 0.15) is 18.1 Å². The van der Waals surface area contributed by atoms with E-state index >= 15 is 0 Å². The number of anilines is 1. The Morgan fingerprint density at radius 1 is 1.53 bits per heavy atom. The Balaban J connectivity index is 2.89. The molecule has 6 heteroatoms. The molecule has 0 aliphatic heterocycles. The van der Waals surface area contributed by atoms with E-state index in [1.807, 2.05) is 0 Å². The normalized spacial score (nSPS) is 14.9. The molecule has 0 amide bonds. The number of nitrogen functional groups attached to an aromatic ring is 1. The van der Waals surface area contributed by atoms with E-state index in [2.05, 4.69) is 20.9 Å². The maximum atomic E-state index is 9.78. The van der Waals surface area contributed by atoms with E-state index < -0.39 is 12.2 Å². The topological polar surface area (TPSA) is 79.4 Å². The Morgan fingerprint density at radius 3 is 2.80 bits per heavy atom. The van der Waals surface area contributed by atoms with Crippen molar-refractivity contribution in [1.29, 1.82) is 0 Å². The summed E-state index contributed by atoms with van der Waals surface area (Å²) in [6, 6.07) is 1.51. The first-order chi connectivity index (χ1) is 7.06. The Morgan fingerprint density at radius 2 is 2.20 bits per heavy atom. The van der Waals surface area contributed by atoms with Crippen LogP contribution in [0.5, 0.6) is 0 Å². The lowest BCUT2D eigenvalue weighted by Crippen LogP contribution is -2.20. The molecule has 4 N–H and O–H groups in total. The van der Waals surface area contributed by atoms with E-state index in [-0.39, 0.29) is 5.82 Å². The molecule has 1 aromatic rings. The lowest BCUT2D eigenvalue weighted by atomic mass is 10.0. The lowest BCUT2D eigenvalue weighted by Gasteiger charge is -2.18. The number of pyridine rings is 1. The van der Waals surface area contributed by atoms with Crippen molar-refractivity contribution < 1.29 is 10.2 Å². The van der Waals surface area contributed by atoms with Crippen LogP contribution in [0, 0.1) is 0 Å². The van der Waals surface area contributed by atoms with Crippen molar-refractivity contribution in [3.8, 4) is 0 Å². The first kappa shape index (κ1) is 12.7. The quantitative estimate of drug-likeness (QED) is 0.736. The second-order valence-electron chi connectivity index (χ2n) is 3.12. The van der Waals surface area contributed by atoms with E-state index in [1.165, 1.54) is 12.3 Å². The molecule has 0 aliphatic carbocycles. The molecule has 2 unspecified atom stereocenters. The number of aliphatic hydroxyl groups excluding tert-OH is 2. The third-order valence-corrected chi connectivity index (χ3v) is 2.67. The summed E-state index contributed by atoms with van der Waals surface area (Å²) in [5.74, 6) is 0.181. The summed E-state index contributed by atoms with van der Waals surface area (Å²) in [7, 11) is 0. The van der Waals surface area contributed by atoms with E-state index in [9.17, 15) is 10.2 Å². The Kier molecular flexibility index (Phi) is 4.79. The van der Waals surface area contributed by atoms with Crippen LogP contribution in [0.2, 0.25) is 5.02 Å². The van der Waals surface area contributed by atoms with E-state index in [1.54, 1.807) is 0 Å². The number of halogens is 2. The minimum Gasteiger partial charge on any atom is -0.390 e. The first-order valence-electron chi connectivity index (χ1n) is 4.39. The number of hydrogen-bond donors (Lipinski definition) is 3. The SMILES string of the molecule is Nc1ncc(Cl)cc1C(O)C(O)CCBr. The Hall–Kier alpha value is -0.360. The highest BCUT2D eigenvalue weighted by Crippen LogP contribution is 2.25. The largest absolute Gasteiger partial charge is 0.390 e. The fraction of sp³-hybridized carbons (Fsp3) is 0.444. The molecule has 0 radical (unpaired) electrons. The zero-order chi connectivity index (χ0) is 11.4. The first-order valence-corrected chi connectivity index (χ1v) is 5.89. The average molecular weight is 296 g/mol. The van der Waals surface area contributed by atoms with Crippen molar-refractivity contribution in [3.63, 3.8) is 0 Å². The number of aromatic nitrogens is 1. The molecule has 4 nitrogen and oxygen atoms in total. The van der Waals surface area contributed by atoms with Gasteiger partial charge in [-0.1, -0.05) is 27.5 Å². The van der Waals surface area contributed by atoms with E-state index in [0.29, 0.717) is 22.3 Å². The lowest BCUT2D eigenvalue weighted by molar-refractivity contribution is 0.0176. The number of rotatable bonds is 4. The Bertz CT molecular complexity index is 338. The van der Waals surface area contributed by atoms with Gasteiger partial charge in [0.05, 0.1) is 11.1 Å². The van der Waals surface area contributed by atoms with Crippen molar-refractivity contribution in [2.24, 2.45) is 0 Å². The number of nitrogens with zero attached hydrogens (tertiary/aromatic N) is 1. The molecule has 15 heavy (non-hydrogen) atoms. The van der Waals surface area contributed by atoms with Crippen molar-refractivity contribution >= 4 is 33.3 Å². The summed E-state index contributed by atoms with van der Waals surface area (Å²) in [4.78, 5) is 3.81. The van der Waals surface area contributed by atoms with Gasteiger partial charge < -0.3 is 15.9 Å². The van der Waals surface area contributed by atoms with Gasteiger partial charge in [0, 0.05) is 17.1 Å². The van der Waals surface area contributed by atoms with Crippen LogP contribution < -0.4 is 5.73 Å². The van der Waals surface area contributed by atoms with Crippen molar-refractivity contribution in [1.82, 2.24) is 4.98 Å². The van der Waals surface area contributed by atoms with Gasteiger partial charge >= 0.3 is 0 Å². The molecule has 1 rings (SSSR count). The van der Waals surface area contributed by atoms with E-state index in [0.717, 1.165) is 0 Å². The molecule has 1 heterocycles. The number of hydrogen-bond acceptors (Lipinski definition) is 4. The van der Waals surface area contributed by atoms with Crippen LogP contribution in [0.3, 0.4) is 0 Å². The molecule has 0 aliphatic rings.